The fourth-order valence-corrected chi connectivity index (χ4v) is 3.15. The summed E-state index contributed by atoms with van der Waals surface area (Å²) >= 11 is 0. The lowest BCUT2D eigenvalue weighted by Crippen LogP contribution is -2.31. The summed E-state index contributed by atoms with van der Waals surface area (Å²) in [6.07, 6.45) is -2.77. The molecule has 3 rings (SSSR count). The molecule has 0 aliphatic heterocycles. The molecule has 0 fully saturated rings. The van der Waals surface area contributed by atoms with Crippen LogP contribution in [-0.4, -0.2) is 49.9 Å². The number of likely N-dealkylation sites (N-methyl/N-ethyl adjacent to an activating group) is 1. The van der Waals surface area contributed by atoms with Gasteiger partial charge in [0, 0.05) is 29.6 Å². The van der Waals surface area contributed by atoms with Crippen LogP contribution >= 0.6 is 0 Å². The van der Waals surface area contributed by atoms with Crippen LogP contribution in [0.1, 0.15) is 32.9 Å². The summed E-state index contributed by atoms with van der Waals surface area (Å²) in [4.78, 5) is 30.6. The van der Waals surface area contributed by atoms with Crippen LogP contribution in [0, 0.1) is 0 Å². The smallest absolute Gasteiger partial charge is 0.295 e. The highest BCUT2D eigenvalue weighted by Gasteiger charge is 2.18. The van der Waals surface area contributed by atoms with Gasteiger partial charge in [-0.3, -0.25) is 9.59 Å². The maximum atomic E-state index is 13.1. The average molecular weight is 443 g/mol. The number of halogens is 2. The number of carbonyl (C=O) groups is 2. The minimum absolute atomic E-state index is 0.0724. The summed E-state index contributed by atoms with van der Waals surface area (Å²) in [7, 11) is 3.75. The Kier molecular flexibility index (Phi) is 6.84. The molecule has 8 nitrogen and oxygen atoms in total. The van der Waals surface area contributed by atoms with Crippen molar-refractivity contribution in [3.63, 3.8) is 0 Å². The first-order valence-corrected chi connectivity index (χ1v) is 9.68. The third-order valence-corrected chi connectivity index (χ3v) is 4.62. The Hall–Kier alpha value is -3.79. The van der Waals surface area contributed by atoms with Gasteiger partial charge >= 0.3 is 0 Å². The number of hydrogen-bond donors (Lipinski definition) is 3. The predicted molar refractivity (Wildman–Crippen MR) is 118 cm³/mol. The standard InChI is InChI=1S/C22H23F2N5O3/c1-29(2)7-6-27-20(30)13-8-12(9-14(10-13)21(31)28-22(25)26)15-4-3-5-17-16(15)11-18(32-17)19(23)24/h3-5,8-11,19H,6-7H2,1-2H3,(H,27,30)(H4,25,26,28,31). The van der Waals surface area contributed by atoms with E-state index in [-0.39, 0.29) is 16.7 Å². The summed E-state index contributed by atoms with van der Waals surface area (Å²) in [5, 5.41) is 3.20. The molecule has 2 amide bonds. The first-order chi connectivity index (χ1) is 15.2. The van der Waals surface area contributed by atoms with Crippen molar-refractivity contribution in [2.75, 3.05) is 27.2 Å². The molecule has 0 saturated heterocycles. The van der Waals surface area contributed by atoms with Crippen molar-refractivity contribution in [2.45, 2.75) is 6.43 Å². The zero-order valence-electron chi connectivity index (χ0n) is 17.6. The van der Waals surface area contributed by atoms with Crippen molar-refractivity contribution >= 4 is 28.7 Å². The lowest BCUT2D eigenvalue weighted by atomic mass is 9.96. The molecule has 2 aromatic carbocycles. The molecule has 0 aliphatic carbocycles. The predicted octanol–water partition coefficient (Wildman–Crippen LogP) is 2.74. The molecule has 0 radical (unpaired) electrons. The Morgan fingerprint density at radius 2 is 1.84 bits per heavy atom. The number of fused-ring (bicyclic) bond motifs is 1. The van der Waals surface area contributed by atoms with Crippen molar-refractivity contribution in [3.05, 3.63) is 59.4 Å². The van der Waals surface area contributed by atoms with Crippen molar-refractivity contribution in [3.8, 4) is 11.1 Å². The number of hydrogen-bond acceptors (Lipinski definition) is 4. The second-order valence-electron chi connectivity index (χ2n) is 7.37. The zero-order chi connectivity index (χ0) is 23.4. The Morgan fingerprint density at radius 1 is 1.12 bits per heavy atom. The normalized spacial score (nSPS) is 11.2. The Morgan fingerprint density at radius 3 is 2.50 bits per heavy atom. The fourth-order valence-electron chi connectivity index (χ4n) is 3.15. The lowest BCUT2D eigenvalue weighted by Gasteiger charge is -2.12. The summed E-state index contributed by atoms with van der Waals surface area (Å²) in [5.41, 5.74) is 12.1. The van der Waals surface area contributed by atoms with Crippen molar-refractivity contribution < 1.29 is 22.8 Å². The molecule has 5 N–H and O–H groups in total. The van der Waals surface area contributed by atoms with Gasteiger partial charge in [-0.15, -0.1) is 0 Å². The van der Waals surface area contributed by atoms with E-state index >= 15 is 0 Å². The van der Waals surface area contributed by atoms with E-state index in [0.717, 1.165) is 0 Å². The van der Waals surface area contributed by atoms with E-state index in [2.05, 4.69) is 10.3 Å². The number of nitrogens with zero attached hydrogens (tertiary/aromatic N) is 2. The van der Waals surface area contributed by atoms with Crippen molar-refractivity contribution in [1.82, 2.24) is 10.2 Å². The maximum Gasteiger partial charge on any atom is 0.295 e. The molecule has 1 heterocycles. The maximum absolute atomic E-state index is 13.1. The third-order valence-electron chi connectivity index (χ3n) is 4.62. The summed E-state index contributed by atoms with van der Waals surface area (Å²) in [5.74, 6) is -2.03. The second kappa shape index (κ2) is 9.56. The topological polar surface area (TPSA) is 127 Å². The van der Waals surface area contributed by atoms with Gasteiger partial charge in [-0.1, -0.05) is 12.1 Å². The molecule has 32 heavy (non-hydrogen) atoms. The van der Waals surface area contributed by atoms with Gasteiger partial charge in [-0.05, 0) is 55.6 Å². The van der Waals surface area contributed by atoms with Gasteiger partial charge in [-0.25, -0.2) is 8.78 Å². The van der Waals surface area contributed by atoms with Crippen molar-refractivity contribution in [1.29, 1.82) is 0 Å². The number of amides is 2. The molecular weight excluding hydrogens is 420 g/mol. The Labute approximate surface area is 182 Å². The molecule has 1 aromatic heterocycles. The molecule has 0 unspecified atom stereocenters. The highest BCUT2D eigenvalue weighted by Crippen LogP contribution is 2.35. The SMILES string of the molecule is CN(C)CCNC(=O)c1cc(C(=O)N=C(N)N)cc(-c2cccc3oc(C(F)F)cc23)c1. The number of aliphatic imine (C=N–C) groups is 1. The van der Waals surface area contributed by atoms with Crippen molar-refractivity contribution in [2.24, 2.45) is 16.5 Å². The van der Waals surface area contributed by atoms with Crippen LogP contribution in [0.3, 0.4) is 0 Å². The highest BCUT2D eigenvalue weighted by molar-refractivity contribution is 6.06. The van der Waals surface area contributed by atoms with Gasteiger partial charge in [0.05, 0.1) is 0 Å². The molecule has 0 aliphatic rings. The number of alkyl halides is 2. The van der Waals surface area contributed by atoms with Gasteiger partial charge in [-0.2, -0.15) is 4.99 Å². The van der Waals surface area contributed by atoms with E-state index in [4.69, 9.17) is 15.9 Å². The zero-order valence-corrected chi connectivity index (χ0v) is 17.6. The van der Waals surface area contributed by atoms with Crippen LogP contribution in [0.2, 0.25) is 0 Å². The third kappa shape index (κ3) is 5.27. The number of rotatable bonds is 7. The lowest BCUT2D eigenvalue weighted by molar-refractivity contribution is 0.0951. The van der Waals surface area contributed by atoms with Gasteiger partial charge in [0.2, 0.25) is 0 Å². The molecular formula is C22H23F2N5O3. The molecule has 10 heteroatoms. The minimum atomic E-state index is -2.77. The Bertz CT molecular complexity index is 1180. The van der Waals surface area contributed by atoms with E-state index in [1.165, 1.54) is 18.2 Å². The molecule has 0 spiro atoms. The first kappa shape index (κ1) is 22.9. The van der Waals surface area contributed by atoms with E-state index in [0.29, 0.717) is 29.6 Å². The van der Waals surface area contributed by atoms with Gasteiger partial charge in [0.25, 0.3) is 18.2 Å². The molecule has 168 valence electrons. The Balaban J connectivity index is 2.11. The number of nitrogens with one attached hydrogen (secondary N) is 1. The van der Waals surface area contributed by atoms with Gasteiger partial charge < -0.3 is 26.1 Å². The minimum Gasteiger partial charge on any atom is -0.455 e. The number of nitrogens with two attached hydrogens (primary N) is 2. The summed E-state index contributed by atoms with van der Waals surface area (Å²) in [6, 6.07) is 10.6. The van der Waals surface area contributed by atoms with Crippen LogP contribution in [0.4, 0.5) is 8.78 Å². The van der Waals surface area contributed by atoms with E-state index in [1.807, 2.05) is 19.0 Å². The molecule has 0 atom stereocenters. The van der Waals surface area contributed by atoms with Crippen LogP contribution < -0.4 is 16.8 Å². The first-order valence-electron chi connectivity index (χ1n) is 9.68. The summed E-state index contributed by atoms with van der Waals surface area (Å²) in [6.45, 7) is 1.01. The largest absolute Gasteiger partial charge is 0.455 e. The molecule has 0 bridgehead atoms. The highest BCUT2D eigenvalue weighted by atomic mass is 19.3. The molecule has 0 saturated carbocycles. The van der Waals surface area contributed by atoms with Crippen LogP contribution in [0.5, 0.6) is 0 Å². The quantitative estimate of drug-likeness (QED) is 0.381. The fraction of sp³-hybridized carbons (Fsp3) is 0.227. The van der Waals surface area contributed by atoms with E-state index < -0.39 is 30.0 Å². The van der Waals surface area contributed by atoms with Crippen LogP contribution in [0.25, 0.3) is 22.1 Å². The second-order valence-corrected chi connectivity index (χ2v) is 7.37. The number of benzene rings is 2. The van der Waals surface area contributed by atoms with Crippen LogP contribution in [-0.2, 0) is 0 Å². The van der Waals surface area contributed by atoms with Gasteiger partial charge in [0.1, 0.15) is 5.58 Å². The molecule has 3 aromatic rings. The number of guanidine groups is 1. The monoisotopic (exact) mass is 443 g/mol. The number of carbonyl (C=O) groups excluding carboxylic acids is 2. The number of furan rings is 1. The summed E-state index contributed by atoms with van der Waals surface area (Å²) < 4.78 is 31.5. The van der Waals surface area contributed by atoms with Gasteiger partial charge in [0.15, 0.2) is 11.7 Å². The average Bonchev–Trinajstić information content (AvgIpc) is 3.17. The van der Waals surface area contributed by atoms with Crippen LogP contribution in [0.15, 0.2) is 51.9 Å². The van der Waals surface area contributed by atoms with E-state index in [1.54, 1.807) is 24.3 Å². The van der Waals surface area contributed by atoms with E-state index in [9.17, 15) is 18.4 Å².